The molecule has 0 spiro atoms. The third-order valence-corrected chi connectivity index (χ3v) is 27.5. The Labute approximate surface area is 844 Å². The zero-order valence-electron chi connectivity index (χ0n) is 81.8. The monoisotopic (exact) mass is 1970 g/mol. The molecule has 33 nitrogen and oxygen atoms in total. The quantitative estimate of drug-likeness (QED) is 0.0205. The van der Waals surface area contributed by atoms with Crippen LogP contribution in [0, 0.1) is 36.5 Å². The second kappa shape index (κ2) is 50.2. The number of rotatable bonds is 39. The number of carbonyl (C=O) groups is 10. The van der Waals surface area contributed by atoms with Crippen molar-refractivity contribution >= 4 is 76.0 Å². The smallest absolute Gasteiger partial charge is 0.293 e. The van der Waals surface area contributed by atoms with E-state index >= 15 is 0 Å². The van der Waals surface area contributed by atoms with Gasteiger partial charge >= 0.3 is 0 Å². The van der Waals surface area contributed by atoms with Crippen LogP contribution in [0.1, 0.15) is 257 Å². The molecule has 2 amide bonds. The second-order valence-electron chi connectivity index (χ2n) is 36.1. The minimum absolute atomic E-state index is 0.226. The third kappa shape index (κ3) is 23.1. The maximum atomic E-state index is 10.9. The Morgan fingerprint density at radius 3 is 0.897 bits per heavy atom. The van der Waals surface area contributed by atoms with Gasteiger partial charge in [-0.3, -0.25) is 47.9 Å². The number of ether oxygens (including phenoxy) is 8. The molecule has 0 bridgehead atoms. The summed E-state index contributed by atoms with van der Waals surface area (Å²) in [4.78, 5) is 106. The van der Waals surface area contributed by atoms with Crippen molar-refractivity contribution < 1.29 is 94.7 Å². The van der Waals surface area contributed by atoms with Crippen molar-refractivity contribution in [2.24, 2.45) is 5.73 Å². The van der Waals surface area contributed by atoms with Crippen molar-refractivity contribution in [3.63, 3.8) is 0 Å². The molecule has 0 saturated heterocycles. The standard InChI is InChI=1S/C25H26N2O5.C23H24N4O4.C23H23NO4.C22H23N5O3.C20H17NO4/c1-3-10-25(24-27-26-17(2)32-24)22-8-4-18(13-30-15-28)11-20(22)6-7-21-12-19(14-31-16-29)5-9-23(21)25;1-2-9-23(22-24-26-27-25-22)20-7-3-16(12-30-14-28)10-18(20)5-6-19-11-17(13-31-15-29)4-8-21(19)23;1-2-9-23(14-24)21-7-3-17(12-27-15-25)10-19(21)5-6-20-11-18(13-28-16-26)4-8-22(20)23;1-14-26-27-21(30-14)22(8-9-23)19-6-4-17(24-12-28)10-15(19)2-3-16-11-18(25-13-29)5-7-20(16)22;21-9-20-18-5-1-14(10-24-12-22)7-16(18)3-4-17-8-15(11-25-13-23)2-6-19(17)20/h4-5,8-9,11-12,15-16H,3,6-7,10,13-14H2,1-2H3;3-4,7-8,10-11,14-15H,2,5-6,9,12-13H2,1H3,(H,24,25,26,27);3-4,7-8,10-11,15-16H,2,5-6,9,12-13H2,1H3;4-7,10-13H,2-3,8-9,23H2,1H3,(H,24,28)(H,25,29);1-2,5-8,12-13,20H,3-4,10-11H2. The number of hydrogen-bond donors (Lipinski definition) is 4. The molecule has 0 radical (unpaired) electrons. The molecule has 5 N–H and O–H groups in total. The Morgan fingerprint density at radius 2 is 0.623 bits per heavy atom. The van der Waals surface area contributed by atoms with Gasteiger partial charge < -0.3 is 63.1 Å². The fourth-order valence-electron chi connectivity index (χ4n) is 21.6. The van der Waals surface area contributed by atoms with E-state index in [9.17, 15) is 58.5 Å². The van der Waals surface area contributed by atoms with Gasteiger partial charge in [0.2, 0.25) is 36.4 Å². The van der Waals surface area contributed by atoms with Gasteiger partial charge in [-0.05, 0) is 276 Å². The van der Waals surface area contributed by atoms with Crippen LogP contribution in [0.5, 0.6) is 0 Å². The van der Waals surface area contributed by atoms with Gasteiger partial charge in [0, 0.05) is 25.2 Å². The van der Waals surface area contributed by atoms with Gasteiger partial charge in [-0.15, -0.1) is 30.6 Å². The Hall–Kier alpha value is -16.8. The number of nitriles is 2. The molecule has 13 aromatic rings. The predicted octanol–water partition coefficient (Wildman–Crippen LogP) is 15.6. The first kappa shape index (κ1) is 105. The molecule has 10 aromatic carbocycles. The number of aromatic amines is 1. The minimum Gasteiger partial charge on any atom is -0.463 e. The Morgan fingerprint density at radius 1 is 0.349 bits per heavy atom. The van der Waals surface area contributed by atoms with E-state index in [4.69, 9.17) is 52.5 Å². The van der Waals surface area contributed by atoms with Crippen LogP contribution >= 0.6 is 0 Å². The van der Waals surface area contributed by atoms with E-state index in [0.29, 0.717) is 107 Å². The van der Waals surface area contributed by atoms with E-state index in [1.165, 1.54) is 22.3 Å². The Bertz CT molecular complexity index is 6600. The van der Waals surface area contributed by atoms with Crippen LogP contribution in [-0.4, -0.2) is 112 Å². The fraction of sp³-hybridized carbons (Fsp3) is 0.319. The maximum absolute atomic E-state index is 10.9. The second-order valence-corrected chi connectivity index (χ2v) is 36.1. The number of amides is 2. The van der Waals surface area contributed by atoms with Gasteiger partial charge in [0.05, 0.1) is 28.9 Å². The molecule has 33 heteroatoms. The normalized spacial score (nSPS) is 13.9. The number of fused-ring (bicyclic) bond motifs is 10. The summed E-state index contributed by atoms with van der Waals surface area (Å²) in [6, 6.07) is 65.2. The first-order valence-electron chi connectivity index (χ1n) is 48.3. The number of nitrogens with zero attached hydrogens (tertiary/aromatic N) is 9. The lowest BCUT2D eigenvalue weighted by Gasteiger charge is -2.34. The number of carbonyl (C=O) groups excluding carboxylic acids is 10. The van der Waals surface area contributed by atoms with Crippen molar-refractivity contribution in [2.45, 2.75) is 224 Å². The number of hydrogen-bond acceptors (Lipinski definition) is 30. The molecule has 146 heavy (non-hydrogen) atoms. The van der Waals surface area contributed by atoms with Crippen molar-refractivity contribution in [3.05, 3.63) is 367 Å². The maximum Gasteiger partial charge on any atom is 0.293 e. The average molecular weight is 1970 g/mol. The van der Waals surface area contributed by atoms with Gasteiger partial charge in [-0.2, -0.15) is 15.7 Å². The van der Waals surface area contributed by atoms with Crippen LogP contribution in [0.2, 0.25) is 0 Å². The largest absolute Gasteiger partial charge is 0.463 e. The zero-order chi connectivity index (χ0) is 103. The van der Waals surface area contributed by atoms with Crippen molar-refractivity contribution in [2.75, 3.05) is 17.2 Å². The number of nitrogens with two attached hydrogens (primary N) is 1. The Balaban J connectivity index is 0.000000145. The van der Waals surface area contributed by atoms with Crippen LogP contribution in [0.25, 0.3) is 0 Å². The highest BCUT2D eigenvalue weighted by Gasteiger charge is 2.49. The van der Waals surface area contributed by atoms with Crippen molar-refractivity contribution in [3.8, 4) is 12.1 Å². The lowest BCUT2D eigenvalue weighted by atomic mass is 9.68. The number of aromatic nitrogens is 8. The predicted molar refractivity (Wildman–Crippen MR) is 532 cm³/mol. The summed E-state index contributed by atoms with van der Waals surface area (Å²) in [6.07, 6.45) is 14.9. The van der Waals surface area contributed by atoms with Crippen LogP contribution < -0.4 is 16.4 Å². The highest BCUT2D eigenvalue weighted by Crippen LogP contribution is 2.53. The van der Waals surface area contributed by atoms with E-state index in [2.05, 4.69) is 133 Å². The molecular weight excluding hydrogens is 1860 g/mol. The molecular formula is C113H113N13O20. The third-order valence-electron chi connectivity index (χ3n) is 27.5. The van der Waals surface area contributed by atoms with E-state index < -0.39 is 21.7 Å². The number of aryl methyl sites for hydroxylation is 12. The minimum atomic E-state index is -0.726. The molecule has 0 saturated carbocycles. The molecule has 0 atom stereocenters. The molecule has 0 aliphatic heterocycles. The van der Waals surface area contributed by atoms with E-state index in [-0.39, 0.29) is 58.8 Å². The molecule has 0 unspecified atom stereocenters. The molecule has 750 valence electrons. The van der Waals surface area contributed by atoms with Gasteiger partial charge in [0.1, 0.15) is 63.7 Å². The summed E-state index contributed by atoms with van der Waals surface area (Å²) in [5, 5.41) is 58.0. The first-order valence-corrected chi connectivity index (χ1v) is 48.3. The SMILES string of the molecule is CCCC1(C#N)c2ccc(COC=O)cc2CCc2cc(COC=O)ccc21.CCCC1(c2nn[nH]n2)c2ccc(COC=O)cc2CCc2cc(COC=O)ccc21.CCCC1(c2nnc(C)o2)c2ccc(COC=O)cc2CCc2cc(COC=O)ccc21.Cc1nnc(C2(CCN)c3ccc(NC=O)cc3CCc3cc(NC=O)ccc32)o1.N#CC1c2ccc(COC=O)cc2CCc2cc(COC=O)ccc21. The molecule has 0 fully saturated rings. The Kier molecular flexibility index (Phi) is 36.1. The average Bonchev–Trinajstić information content (AvgIpc) is 1.22. The highest BCUT2D eigenvalue weighted by atomic mass is 16.5. The van der Waals surface area contributed by atoms with Crippen molar-refractivity contribution in [1.29, 1.82) is 10.5 Å². The lowest BCUT2D eigenvalue weighted by Crippen LogP contribution is -2.34. The highest BCUT2D eigenvalue weighted by molar-refractivity contribution is 5.75. The van der Waals surface area contributed by atoms with E-state index in [1.807, 2.05) is 133 Å². The zero-order valence-corrected chi connectivity index (χ0v) is 81.8. The van der Waals surface area contributed by atoms with Crippen LogP contribution in [0.3, 0.4) is 0 Å². The number of tetrazole rings is 1. The van der Waals surface area contributed by atoms with Crippen LogP contribution in [-0.2, 0) is 225 Å². The molecule has 3 aromatic heterocycles. The fourth-order valence-corrected chi connectivity index (χ4v) is 21.6. The summed E-state index contributed by atoms with van der Waals surface area (Å²) in [5.41, 5.74) is 34.3. The molecule has 3 heterocycles. The van der Waals surface area contributed by atoms with Gasteiger partial charge in [-0.25, -0.2) is 0 Å². The first-order chi connectivity index (χ1) is 71.4. The summed E-state index contributed by atoms with van der Waals surface area (Å²) < 4.78 is 51.4. The summed E-state index contributed by atoms with van der Waals surface area (Å²) in [6.45, 7) is 15.8. The number of nitrogens with one attached hydrogen (secondary N) is 3. The van der Waals surface area contributed by atoms with E-state index in [1.54, 1.807) is 13.8 Å². The van der Waals surface area contributed by atoms with Gasteiger partial charge in [0.15, 0.2) is 5.82 Å². The van der Waals surface area contributed by atoms with E-state index in [0.717, 1.165) is 248 Å². The number of H-pyrrole nitrogens is 1. The summed E-state index contributed by atoms with van der Waals surface area (Å²) in [5.74, 6) is 2.36. The van der Waals surface area contributed by atoms with Crippen molar-refractivity contribution in [1.82, 2.24) is 41.0 Å². The van der Waals surface area contributed by atoms with Gasteiger partial charge in [-0.1, -0.05) is 203 Å². The molecule has 18 rings (SSSR count). The summed E-state index contributed by atoms with van der Waals surface area (Å²) in [7, 11) is 0. The topological polar surface area (TPSA) is 474 Å². The van der Waals surface area contributed by atoms with Crippen LogP contribution in [0.4, 0.5) is 11.4 Å². The van der Waals surface area contributed by atoms with Crippen LogP contribution in [0.15, 0.2) is 191 Å². The number of benzene rings is 10. The van der Waals surface area contributed by atoms with Gasteiger partial charge in [0.25, 0.3) is 51.8 Å². The number of anilines is 2. The lowest BCUT2D eigenvalue weighted by molar-refractivity contribution is -0.130. The summed E-state index contributed by atoms with van der Waals surface area (Å²) >= 11 is 0. The molecule has 5 aliphatic carbocycles. The molecule has 5 aliphatic rings.